The van der Waals surface area contributed by atoms with Gasteiger partial charge < -0.3 is 49.2 Å². The molecule has 0 aliphatic rings. The Morgan fingerprint density at radius 2 is 0.824 bits per heavy atom. The molecule has 0 aliphatic carbocycles. The zero-order valence-corrected chi connectivity index (χ0v) is 22.3. The number of ether oxygens (including phenoxy) is 5. The molecule has 0 radical (unpaired) electrons. The first-order chi connectivity index (χ1) is 16.0. The number of aliphatic hydroxyl groups excluding tert-OH is 5. The molecule has 0 fully saturated rings. The van der Waals surface area contributed by atoms with Crippen LogP contribution in [0.3, 0.4) is 0 Å². The summed E-state index contributed by atoms with van der Waals surface area (Å²) in [5, 5.41) is 44.0. The van der Waals surface area contributed by atoms with Gasteiger partial charge in [-0.05, 0) is 48.0 Å². The Bertz CT molecular complexity index is 416. The summed E-state index contributed by atoms with van der Waals surface area (Å²) in [7, 11) is 0. The lowest BCUT2D eigenvalue weighted by molar-refractivity contribution is -0.100. The van der Waals surface area contributed by atoms with Gasteiger partial charge in [0, 0.05) is 5.41 Å². The molecule has 0 aliphatic heterocycles. The fourth-order valence-electron chi connectivity index (χ4n) is 2.23. The average Bonchev–Trinajstić information content (AvgIpc) is 2.84. The Morgan fingerprint density at radius 1 is 0.529 bits per heavy atom. The summed E-state index contributed by atoms with van der Waals surface area (Å²) < 4.78 is 27.9. The van der Waals surface area contributed by atoms with Gasteiger partial charge in [0.1, 0.15) is 0 Å². The molecular formula is C24H52O10. The van der Waals surface area contributed by atoms with Gasteiger partial charge in [0.15, 0.2) is 0 Å². The fraction of sp³-hybridized carbons (Fsp3) is 1.00. The van der Waals surface area contributed by atoms with E-state index in [4.69, 9.17) is 44.1 Å². The summed E-state index contributed by atoms with van der Waals surface area (Å²) in [6.45, 7) is 14.7. The molecule has 5 N–H and O–H groups in total. The van der Waals surface area contributed by atoms with E-state index in [2.05, 4.69) is 0 Å². The molecule has 6 atom stereocenters. The summed E-state index contributed by atoms with van der Waals surface area (Å²) in [5.41, 5.74) is -0.667. The van der Waals surface area contributed by atoms with Crippen molar-refractivity contribution in [3.05, 3.63) is 0 Å². The standard InChI is InChI=1S/C18H38O7.C6H14O3/c1-13(20)8-21-15(3)10-23-17(5)12-25-18(6)11-24-16(4)9-22-14(2)7-19;1-2-6(3-7,4-8)5-9/h13-20H,7-12H2,1-6H3;7-9H,2-5H2,1H3. The van der Waals surface area contributed by atoms with Crippen LogP contribution >= 0.6 is 0 Å². The normalized spacial score (nSPS) is 17.3. The highest BCUT2D eigenvalue weighted by Gasteiger charge is 2.24. The topological polar surface area (TPSA) is 147 Å². The van der Waals surface area contributed by atoms with Crippen LogP contribution in [0.4, 0.5) is 0 Å². The van der Waals surface area contributed by atoms with Gasteiger partial charge in [-0.2, -0.15) is 0 Å². The van der Waals surface area contributed by atoms with Crippen LogP contribution in [0.5, 0.6) is 0 Å². The first kappa shape index (κ1) is 35.8. The predicted molar refractivity (Wildman–Crippen MR) is 130 cm³/mol. The van der Waals surface area contributed by atoms with E-state index in [9.17, 15) is 5.11 Å². The Balaban J connectivity index is 0. The maximum absolute atomic E-state index is 9.17. The molecule has 0 aromatic carbocycles. The van der Waals surface area contributed by atoms with Crippen LogP contribution in [0, 0.1) is 5.41 Å². The Labute approximate surface area is 206 Å². The average molecular weight is 501 g/mol. The third kappa shape index (κ3) is 19.9. The van der Waals surface area contributed by atoms with Crippen molar-refractivity contribution in [1.29, 1.82) is 0 Å². The van der Waals surface area contributed by atoms with Gasteiger partial charge in [-0.25, -0.2) is 0 Å². The van der Waals surface area contributed by atoms with Crippen LogP contribution in [-0.4, -0.2) is 122 Å². The summed E-state index contributed by atoms with van der Waals surface area (Å²) in [6.07, 6.45) is -0.274. The molecule has 10 heteroatoms. The smallest absolute Gasteiger partial charge is 0.0781 e. The Morgan fingerprint density at radius 3 is 1.03 bits per heavy atom. The van der Waals surface area contributed by atoms with Crippen molar-refractivity contribution in [2.24, 2.45) is 5.41 Å². The molecule has 0 rings (SSSR count). The highest BCUT2D eigenvalue weighted by Crippen LogP contribution is 2.18. The van der Waals surface area contributed by atoms with E-state index >= 15 is 0 Å². The molecular weight excluding hydrogens is 448 g/mol. The van der Waals surface area contributed by atoms with E-state index in [-0.39, 0.29) is 56.9 Å². The molecule has 0 aromatic rings. The van der Waals surface area contributed by atoms with Gasteiger partial charge in [-0.1, -0.05) is 6.92 Å². The molecule has 0 amide bonds. The third-order valence-corrected chi connectivity index (χ3v) is 5.10. The second kappa shape index (κ2) is 21.8. The predicted octanol–water partition coefficient (Wildman–Crippen LogP) is 0.745. The number of aliphatic hydroxyl groups is 5. The summed E-state index contributed by atoms with van der Waals surface area (Å²) >= 11 is 0. The van der Waals surface area contributed by atoms with Gasteiger partial charge in [-0.3, -0.25) is 0 Å². The molecule has 10 nitrogen and oxygen atoms in total. The first-order valence-electron chi connectivity index (χ1n) is 12.2. The second-order valence-electron chi connectivity index (χ2n) is 9.08. The van der Waals surface area contributed by atoms with Crippen molar-refractivity contribution >= 4 is 0 Å². The lowest BCUT2D eigenvalue weighted by Crippen LogP contribution is -2.32. The highest BCUT2D eigenvalue weighted by molar-refractivity contribution is 4.74. The lowest BCUT2D eigenvalue weighted by Gasteiger charge is -2.24. The molecule has 0 heterocycles. The SMILES string of the molecule is CC(O)COC(C)COC(C)COC(C)COC(C)COC(C)CO.CCC(CO)(CO)CO. The number of hydrogen-bond acceptors (Lipinski definition) is 10. The van der Waals surface area contributed by atoms with E-state index < -0.39 is 11.5 Å². The molecule has 208 valence electrons. The molecule has 0 saturated carbocycles. The van der Waals surface area contributed by atoms with E-state index in [1.165, 1.54) is 0 Å². The van der Waals surface area contributed by atoms with E-state index in [1.807, 2.05) is 41.5 Å². The zero-order chi connectivity index (χ0) is 26.6. The van der Waals surface area contributed by atoms with Gasteiger partial charge >= 0.3 is 0 Å². The van der Waals surface area contributed by atoms with E-state index in [0.717, 1.165) is 0 Å². The van der Waals surface area contributed by atoms with Crippen LogP contribution in [0.2, 0.25) is 0 Å². The summed E-state index contributed by atoms with van der Waals surface area (Å²) in [6, 6.07) is 0. The van der Waals surface area contributed by atoms with Crippen molar-refractivity contribution < 1.29 is 49.2 Å². The van der Waals surface area contributed by atoms with Crippen molar-refractivity contribution in [2.45, 2.75) is 91.5 Å². The van der Waals surface area contributed by atoms with Crippen LogP contribution in [0.1, 0.15) is 54.9 Å². The molecule has 0 spiro atoms. The maximum Gasteiger partial charge on any atom is 0.0781 e. The lowest BCUT2D eigenvalue weighted by atomic mass is 9.88. The van der Waals surface area contributed by atoms with E-state index in [0.29, 0.717) is 39.5 Å². The summed E-state index contributed by atoms with van der Waals surface area (Å²) in [4.78, 5) is 0. The highest BCUT2D eigenvalue weighted by atomic mass is 16.6. The minimum atomic E-state index is -0.667. The molecule has 0 saturated heterocycles. The van der Waals surface area contributed by atoms with Crippen LogP contribution in [0.15, 0.2) is 0 Å². The van der Waals surface area contributed by atoms with Crippen molar-refractivity contribution in [2.75, 3.05) is 59.5 Å². The number of hydrogen-bond donors (Lipinski definition) is 5. The van der Waals surface area contributed by atoms with Crippen LogP contribution in [0.25, 0.3) is 0 Å². The second-order valence-corrected chi connectivity index (χ2v) is 9.08. The van der Waals surface area contributed by atoms with E-state index in [1.54, 1.807) is 6.92 Å². The molecule has 6 unspecified atom stereocenters. The van der Waals surface area contributed by atoms with Gasteiger partial charge in [0.25, 0.3) is 0 Å². The van der Waals surface area contributed by atoms with Crippen molar-refractivity contribution in [3.63, 3.8) is 0 Å². The quantitative estimate of drug-likeness (QED) is 0.162. The maximum atomic E-state index is 9.17. The largest absolute Gasteiger partial charge is 0.396 e. The van der Waals surface area contributed by atoms with Gasteiger partial charge in [-0.15, -0.1) is 0 Å². The zero-order valence-electron chi connectivity index (χ0n) is 22.3. The van der Waals surface area contributed by atoms with Crippen molar-refractivity contribution in [3.8, 4) is 0 Å². The summed E-state index contributed by atoms with van der Waals surface area (Å²) in [5.74, 6) is 0. The third-order valence-electron chi connectivity index (χ3n) is 5.10. The first-order valence-corrected chi connectivity index (χ1v) is 12.2. The minimum absolute atomic E-state index is 0.00675. The Hall–Kier alpha value is -0.400. The van der Waals surface area contributed by atoms with Gasteiger partial charge in [0.2, 0.25) is 0 Å². The monoisotopic (exact) mass is 500 g/mol. The number of rotatable bonds is 20. The fourth-order valence-corrected chi connectivity index (χ4v) is 2.23. The molecule has 0 bridgehead atoms. The van der Waals surface area contributed by atoms with Crippen LogP contribution < -0.4 is 0 Å². The Kier molecular flexibility index (Phi) is 23.0. The van der Waals surface area contributed by atoms with Crippen molar-refractivity contribution in [1.82, 2.24) is 0 Å². The molecule has 34 heavy (non-hydrogen) atoms. The van der Waals surface area contributed by atoms with Crippen LogP contribution in [-0.2, 0) is 23.7 Å². The van der Waals surface area contributed by atoms with Gasteiger partial charge in [0.05, 0.1) is 96.1 Å². The molecule has 0 aromatic heterocycles. The minimum Gasteiger partial charge on any atom is -0.396 e.